The van der Waals surface area contributed by atoms with Crippen LogP contribution in [0.3, 0.4) is 0 Å². The molecular weight excluding hydrogens is 246 g/mol. The van der Waals surface area contributed by atoms with Crippen molar-refractivity contribution in [3.63, 3.8) is 0 Å². The molecule has 3 unspecified atom stereocenters. The van der Waals surface area contributed by atoms with Crippen molar-refractivity contribution in [3.8, 4) is 0 Å². The van der Waals surface area contributed by atoms with Crippen molar-refractivity contribution in [2.24, 2.45) is 11.8 Å². The number of nitrogens with one attached hydrogen (secondary N) is 1. The molecule has 0 saturated heterocycles. The lowest BCUT2D eigenvalue weighted by Gasteiger charge is -2.34. The first kappa shape index (κ1) is 15.6. The topological polar surface area (TPSA) is 29.9 Å². The number of hydrogen-bond acceptors (Lipinski definition) is 2. The third-order valence-electron chi connectivity index (χ3n) is 4.85. The first-order chi connectivity index (χ1) is 9.80. The van der Waals surface area contributed by atoms with Gasteiger partial charge in [-0.15, -0.1) is 0 Å². The molecule has 1 aliphatic rings. The summed E-state index contributed by atoms with van der Waals surface area (Å²) < 4.78 is 2.31. The number of rotatable bonds is 7. The Bertz CT molecular complexity index is 385. The van der Waals surface area contributed by atoms with Crippen LogP contribution in [-0.4, -0.2) is 16.1 Å². The van der Waals surface area contributed by atoms with Gasteiger partial charge >= 0.3 is 0 Å². The molecule has 114 valence electrons. The maximum absolute atomic E-state index is 4.67. The number of nitrogens with zero attached hydrogens (tertiary/aromatic N) is 2. The van der Waals surface area contributed by atoms with Crippen molar-refractivity contribution in [2.75, 3.05) is 6.54 Å². The Balaban J connectivity index is 2.14. The summed E-state index contributed by atoms with van der Waals surface area (Å²) in [6, 6.07) is 0.444. The summed E-state index contributed by atoms with van der Waals surface area (Å²) in [5.74, 6) is 2.93. The van der Waals surface area contributed by atoms with Gasteiger partial charge in [0, 0.05) is 18.9 Å². The van der Waals surface area contributed by atoms with E-state index in [1.807, 2.05) is 6.20 Å². The van der Waals surface area contributed by atoms with E-state index in [0.29, 0.717) is 6.04 Å². The van der Waals surface area contributed by atoms with Gasteiger partial charge in [-0.2, -0.15) is 0 Å². The maximum Gasteiger partial charge on any atom is 0.126 e. The van der Waals surface area contributed by atoms with Gasteiger partial charge < -0.3 is 9.88 Å². The fourth-order valence-electron chi connectivity index (χ4n) is 3.64. The van der Waals surface area contributed by atoms with Crippen molar-refractivity contribution >= 4 is 0 Å². The SMILES string of the molecule is CCCNC(c1nccn1CC)C1CCCC(CC)C1. The number of aromatic nitrogens is 2. The van der Waals surface area contributed by atoms with Crippen LogP contribution in [0.2, 0.25) is 0 Å². The van der Waals surface area contributed by atoms with Crippen LogP contribution in [0.1, 0.15) is 71.2 Å². The van der Waals surface area contributed by atoms with Gasteiger partial charge in [0.25, 0.3) is 0 Å². The third kappa shape index (κ3) is 3.63. The number of imidazole rings is 1. The molecule has 3 atom stereocenters. The van der Waals surface area contributed by atoms with Gasteiger partial charge in [0.15, 0.2) is 0 Å². The lowest BCUT2D eigenvalue weighted by Crippen LogP contribution is -2.34. The van der Waals surface area contributed by atoms with Crippen LogP contribution < -0.4 is 5.32 Å². The molecule has 20 heavy (non-hydrogen) atoms. The van der Waals surface area contributed by atoms with E-state index in [9.17, 15) is 0 Å². The van der Waals surface area contributed by atoms with E-state index >= 15 is 0 Å². The molecule has 1 heterocycles. The molecule has 1 fully saturated rings. The van der Waals surface area contributed by atoms with E-state index in [0.717, 1.165) is 24.9 Å². The molecule has 1 N–H and O–H groups in total. The van der Waals surface area contributed by atoms with E-state index in [4.69, 9.17) is 0 Å². The van der Waals surface area contributed by atoms with Crippen LogP contribution in [0.25, 0.3) is 0 Å². The maximum atomic E-state index is 4.67. The van der Waals surface area contributed by atoms with Gasteiger partial charge in [0.1, 0.15) is 5.82 Å². The zero-order valence-electron chi connectivity index (χ0n) is 13.4. The van der Waals surface area contributed by atoms with Crippen molar-refractivity contribution < 1.29 is 0 Å². The van der Waals surface area contributed by atoms with Gasteiger partial charge in [-0.25, -0.2) is 4.98 Å². The Labute approximate surface area is 124 Å². The average Bonchev–Trinajstić information content (AvgIpc) is 2.96. The average molecular weight is 277 g/mol. The molecule has 0 aromatic carbocycles. The summed E-state index contributed by atoms with van der Waals surface area (Å²) in [7, 11) is 0. The minimum absolute atomic E-state index is 0.444. The predicted molar refractivity (Wildman–Crippen MR) is 84.7 cm³/mol. The molecule has 3 nitrogen and oxygen atoms in total. The molecule has 1 saturated carbocycles. The number of hydrogen-bond donors (Lipinski definition) is 1. The molecule has 0 aliphatic heterocycles. The van der Waals surface area contributed by atoms with E-state index < -0.39 is 0 Å². The molecular formula is C17H31N3. The molecule has 2 rings (SSSR count). The summed E-state index contributed by atoms with van der Waals surface area (Å²) in [5, 5.41) is 3.78. The summed E-state index contributed by atoms with van der Waals surface area (Å²) in [6.45, 7) is 8.90. The standard InChI is InChI=1S/C17H31N3/c1-4-10-18-16(17-19-11-12-20(17)6-3)15-9-7-8-14(5-2)13-15/h11-12,14-16,18H,4-10,13H2,1-3H3. The van der Waals surface area contributed by atoms with Gasteiger partial charge in [0.2, 0.25) is 0 Å². The molecule has 1 aromatic rings. The fraction of sp³-hybridized carbons (Fsp3) is 0.824. The number of aryl methyl sites for hydroxylation is 1. The highest BCUT2D eigenvalue weighted by atomic mass is 15.1. The van der Waals surface area contributed by atoms with Crippen molar-refractivity contribution in [2.45, 2.75) is 71.9 Å². The fourth-order valence-corrected chi connectivity index (χ4v) is 3.64. The smallest absolute Gasteiger partial charge is 0.126 e. The highest BCUT2D eigenvalue weighted by Crippen LogP contribution is 2.38. The van der Waals surface area contributed by atoms with E-state index in [-0.39, 0.29) is 0 Å². The molecule has 1 aromatic heterocycles. The van der Waals surface area contributed by atoms with Gasteiger partial charge in [0.05, 0.1) is 6.04 Å². The van der Waals surface area contributed by atoms with Crippen molar-refractivity contribution in [1.82, 2.24) is 14.9 Å². The highest BCUT2D eigenvalue weighted by molar-refractivity contribution is 5.02. The first-order valence-corrected chi connectivity index (χ1v) is 8.54. The minimum atomic E-state index is 0.444. The molecule has 3 heteroatoms. The lowest BCUT2D eigenvalue weighted by atomic mass is 9.76. The van der Waals surface area contributed by atoms with Crippen LogP contribution in [0, 0.1) is 11.8 Å². The summed E-state index contributed by atoms with van der Waals surface area (Å²) >= 11 is 0. The van der Waals surface area contributed by atoms with Crippen LogP contribution in [0.5, 0.6) is 0 Å². The van der Waals surface area contributed by atoms with E-state index in [2.05, 4.69) is 41.8 Å². The molecule has 0 bridgehead atoms. The Morgan fingerprint density at radius 2 is 2.20 bits per heavy atom. The Kier molecular flexibility index (Phi) is 6.08. The van der Waals surface area contributed by atoms with Crippen LogP contribution in [0.4, 0.5) is 0 Å². The molecule has 0 radical (unpaired) electrons. The second-order valence-electron chi connectivity index (χ2n) is 6.20. The summed E-state index contributed by atoms with van der Waals surface area (Å²) in [4.78, 5) is 4.67. The van der Waals surface area contributed by atoms with Crippen LogP contribution >= 0.6 is 0 Å². The second-order valence-corrected chi connectivity index (χ2v) is 6.20. The summed E-state index contributed by atoms with van der Waals surface area (Å²) in [5.41, 5.74) is 0. The normalized spacial score (nSPS) is 24.8. The van der Waals surface area contributed by atoms with E-state index in [1.165, 1.54) is 44.3 Å². The second kappa shape index (κ2) is 7.82. The lowest BCUT2D eigenvalue weighted by molar-refractivity contribution is 0.202. The van der Waals surface area contributed by atoms with Gasteiger partial charge in [-0.3, -0.25) is 0 Å². The Hall–Kier alpha value is -0.830. The zero-order chi connectivity index (χ0) is 14.4. The highest BCUT2D eigenvalue weighted by Gasteiger charge is 2.30. The van der Waals surface area contributed by atoms with Crippen LogP contribution in [-0.2, 0) is 6.54 Å². The zero-order valence-corrected chi connectivity index (χ0v) is 13.4. The van der Waals surface area contributed by atoms with Crippen LogP contribution in [0.15, 0.2) is 12.4 Å². The van der Waals surface area contributed by atoms with Crippen molar-refractivity contribution in [3.05, 3.63) is 18.2 Å². The predicted octanol–water partition coefficient (Wildman–Crippen LogP) is 4.16. The molecule has 1 aliphatic carbocycles. The Morgan fingerprint density at radius 1 is 1.35 bits per heavy atom. The minimum Gasteiger partial charge on any atom is -0.334 e. The third-order valence-corrected chi connectivity index (χ3v) is 4.85. The molecule has 0 spiro atoms. The van der Waals surface area contributed by atoms with Gasteiger partial charge in [-0.05, 0) is 44.6 Å². The Morgan fingerprint density at radius 3 is 2.90 bits per heavy atom. The monoisotopic (exact) mass is 277 g/mol. The molecule has 0 amide bonds. The first-order valence-electron chi connectivity index (χ1n) is 8.54. The summed E-state index contributed by atoms with van der Waals surface area (Å²) in [6.07, 6.45) is 12.1. The van der Waals surface area contributed by atoms with E-state index in [1.54, 1.807) is 0 Å². The quantitative estimate of drug-likeness (QED) is 0.811. The van der Waals surface area contributed by atoms with Gasteiger partial charge in [-0.1, -0.05) is 33.1 Å². The van der Waals surface area contributed by atoms with Crippen molar-refractivity contribution in [1.29, 1.82) is 0 Å². The largest absolute Gasteiger partial charge is 0.334 e.